The Balaban J connectivity index is 2.78. The fourth-order valence-corrected chi connectivity index (χ4v) is 1.67. The zero-order valence-corrected chi connectivity index (χ0v) is 7.29. The van der Waals surface area contributed by atoms with Gasteiger partial charge in [0.25, 0.3) is 0 Å². The van der Waals surface area contributed by atoms with Crippen LogP contribution in [0.25, 0.3) is 0 Å². The summed E-state index contributed by atoms with van der Waals surface area (Å²) in [5.74, 6) is -0.883. The second-order valence-corrected chi connectivity index (χ2v) is 4.54. The van der Waals surface area contributed by atoms with Crippen molar-refractivity contribution in [3.8, 4) is 0 Å². The van der Waals surface area contributed by atoms with Gasteiger partial charge in [0, 0.05) is 0 Å². The summed E-state index contributed by atoms with van der Waals surface area (Å²) in [4.78, 5) is 0. The van der Waals surface area contributed by atoms with E-state index >= 15 is 0 Å². The van der Waals surface area contributed by atoms with Crippen molar-refractivity contribution in [3.05, 3.63) is 35.9 Å². The van der Waals surface area contributed by atoms with Gasteiger partial charge in [-0.3, -0.25) is 0 Å². The predicted molar refractivity (Wildman–Crippen MR) is 46.2 cm³/mol. The van der Waals surface area contributed by atoms with Crippen molar-refractivity contribution in [2.75, 3.05) is 5.94 Å². The first-order valence-electron chi connectivity index (χ1n) is 3.49. The van der Waals surface area contributed by atoms with E-state index in [1.807, 2.05) is 6.07 Å². The van der Waals surface area contributed by atoms with Crippen molar-refractivity contribution in [3.63, 3.8) is 0 Å². The molecule has 0 fully saturated rings. The molecule has 0 heterocycles. The molecule has 3 nitrogen and oxygen atoms in total. The standard InChI is InChI=1S/C8H10O3S/c9-7-12(10,11)6-8-4-2-1-3-5-8/h1-5,9H,6-7H2. The Hall–Kier alpha value is -0.870. The van der Waals surface area contributed by atoms with E-state index in [-0.39, 0.29) is 5.75 Å². The van der Waals surface area contributed by atoms with E-state index in [4.69, 9.17) is 5.11 Å². The minimum atomic E-state index is -3.32. The average Bonchev–Trinajstić information content (AvgIpc) is 2.06. The van der Waals surface area contributed by atoms with Crippen molar-refractivity contribution >= 4 is 9.84 Å². The Morgan fingerprint density at radius 3 is 2.25 bits per heavy atom. The number of benzene rings is 1. The second kappa shape index (κ2) is 3.69. The van der Waals surface area contributed by atoms with Gasteiger partial charge in [0.2, 0.25) is 0 Å². The molecule has 0 radical (unpaired) electrons. The van der Waals surface area contributed by atoms with Crippen LogP contribution >= 0.6 is 0 Å². The Morgan fingerprint density at radius 2 is 1.75 bits per heavy atom. The number of rotatable bonds is 3. The fraction of sp³-hybridized carbons (Fsp3) is 0.250. The lowest BCUT2D eigenvalue weighted by Gasteiger charge is -1.99. The van der Waals surface area contributed by atoms with Gasteiger partial charge in [-0.05, 0) is 5.56 Å². The van der Waals surface area contributed by atoms with Crippen LogP contribution < -0.4 is 0 Å². The highest BCUT2D eigenvalue weighted by Gasteiger charge is 2.08. The summed E-state index contributed by atoms with van der Waals surface area (Å²) in [6.45, 7) is 0. The SMILES string of the molecule is O=S(=O)(CO)Cc1ccccc1. The molecule has 0 bridgehead atoms. The molecule has 0 aliphatic rings. The highest BCUT2D eigenvalue weighted by Crippen LogP contribution is 2.04. The lowest BCUT2D eigenvalue weighted by molar-refractivity contribution is 0.358. The van der Waals surface area contributed by atoms with E-state index < -0.39 is 15.8 Å². The molecular weight excluding hydrogens is 176 g/mol. The molecule has 0 unspecified atom stereocenters. The molecule has 0 saturated carbocycles. The number of aliphatic hydroxyl groups excluding tert-OH is 1. The van der Waals surface area contributed by atoms with Crippen molar-refractivity contribution in [2.45, 2.75) is 5.75 Å². The molecule has 0 atom stereocenters. The third kappa shape index (κ3) is 2.64. The van der Waals surface area contributed by atoms with Gasteiger partial charge in [-0.1, -0.05) is 30.3 Å². The average molecular weight is 186 g/mol. The van der Waals surface area contributed by atoms with E-state index in [9.17, 15) is 8.42 Å². The van der Waals surface area contributed by atoms with Gasteiger partial charge >= 0.3 is 0 Å². The molecule has 0 aliphatic carbocycles. The zero-order valence-electron chi connectivity index (χ0n) is 6.47. The molecule has 1 rings (SSSR count). The van der Waals surface area contributed by atoms with Crippen LogP contribution in [0.3, 0.4) is 0 Å². The van der Waals surface area contributed by atoms with Crippen LogP contribution in [-0.2, 0) is 15.6 Å². The Kier molecular flexibility index (Phi) is 2.83. The van der Waals surface area contributed by atoms with Crippen molar-refractivity contribution in [1.29, 1.82) is 0 Å². The topological polar surface area (TPSA) is 54.4 Å². The van der Waals surface area contributed by atoms with Gasteiger partial charge in [0.1, 0.15) is 5.94 Å². The summed E-state index contributed by atoms with van der Waals surface area (Å²) in [6.07, 6.45) is 0. The fourth-order valence-electron chi connectivity index (χ4n) is 0.874. The molecular formula is C8H10O3S. The van der Waals surface area contributed by atoms with Crippen LogP contribution in [0.5, 0.6) is 0 Å². The van der Waals surface area contributed by atoms with E-state index in [0.29, 0.717) is 5.56 Å². The normalized spacial score (nSPS) is 11.4. The molecule has 66 valence electrons. The number of aliphatic hydroxyl groups is 1. The quantitative estimate of drug-likeness (QED) is 0.750. The second-order valence-electron chi connectivity index (χ2n) is 2.50. The first-order valence-corrected chi connectivity index (χ1v) is 5.31. The van der Waals surface area contributed by atoms with E-state index in [1.54, 1.807) is 24.3 Å². The first kappa shape index (κ1) is 9.22. The highest BCUT2D eigenvalue weighted by molar-refractivity contribution is 7.90. The van der Waals surface area contributed by atoms with E-state index in [0.717, 1.165) is 0 Å². The van der Waals surface area contributed by atoms with Crippen molar-refractivity contribution < 1.29 is 13.5 Å². The van der Waals surface area contributed by atoms with Crippen LogP contribution in [0.4, 0.5) is 0 Å². The summed E-state index contributed by atoms with van der Waals surface area (Å²) >= 11 is 0. The minimum Gasteiger partial charge on any atom is -0.380 e. The van der Waals surface area contributed by atoms with Crippen LogP contribution in [0.2, 0.25) is 0 Å². The highest BCUT2D eigenvalue weighted by atomic mass is 32.2. The van der Waals surface area contributed by atoms with Gasteiger partial charge in [-0.15, -0.1) is 0 Å². The zero-order chi connectivity index (χ0) is 9.03. The van der Waals surface area contributed by atoms with Gasteiger partial charge < -0.3 is 5.11 Å². The summed E-state index contributed by atoms with van der Waals surface area (Å²) < 4.78 is 21.8. The molecule has 0 saturated heterocycles. The van der Waals surface area contributed by atoms with Gasteiger partial charge in [0.05, 0.1) is 5.75 Å². The van der Waals surface area contributed by atoms with Crippen LogP contribution in [-0.4, -0.2) is 19.5 Å². The maximum absolute atomic E-state index is 10.9. The summed E-state index contributed by atoms with van der Waals surface area (Å²) in [5.41, 5.74) is 0.701. The third-order valence-electron chi connectivity index (χ3n) is 1.43. The first-order chi connectivity index (χ1) is 5.64. The largest absolute Gasteiger partial charge is 0.380 e. The molecule has 0 spiro atoms. The molecule has 1 aromatic carbocycles. The Labute approximate surface area is 71.6 Å². The molecule has 1 N–H and O–H groups in total. The molecule has 0 aromatic heterocycles. The number of hydrogen-bond acceptors (Lipinski definition) is 3. The summed E-state index contributed by atoms with van der Waals surface area (Å²) in [7, 11) is -3.32. The van der Waals surface area contributed by atoms with E-state index in [2.05, 4.69) is 0 Å². The third-order valence-corrected chi connectivity index (χ3v) is 2.59. The van der Waals surface area contributed by atoms with Crippen molar-refractivity contribution in [2.24, 2.45) is 0 Å². The lowest BCUT2D eigenvalue weighted by Crippen LogP contribution is -2.08. The molecule has 4 heteroatoms. The van der Waals surface area contributed by atoms with Crippen LogP contribution in [0, 0.1) is 0 Å². The number of sulfone groups is 1. The monoisotopic (exact) mass is 186 g/mol. The molecule has 0 amide bonds. The smallest absolute Gasteiger partial charge is 0.178 e. The lowest BCUT2D eigenvalue weighted by atomic mass is 10.2. The minimum absolute atomic E-state index is 0.0929. The van der Waals surface area contributed by atoms with Crippen LogP contribution in [0.15, 0.2) is 30.3 Å². The van der Waals surface area contributed by atoms with Crippen LogP contribution in [0.1, 0.15) is 5.56 Å². The molecule has 1 aromatic rings. The maximum atomic E-state index is 10.9. The van der Waals surface area contributed by atoms with Gasteiger partial charge in [-0.25, -0.2) is 8.42 Å². The van der Waals surface area contributed by atoms with Crippen molar-refractivity contribution in [1.82, 2.24) is 0 Å². The maximum Gasteiger partial charge on any atom is 0.178 e. The van der Waals surface area contributed by atoms with E-state index in [1.165, 1.54) is 0 Å². The Bertz CT molecular complexity index is 329. The van der Waals surface area contributed by atoms with Gasteiger partial charge in [-0.2, -0.15) is 0 Å². The predicted octanol–water partition coefficient (Wildman–Crippen LogP) is 0.551. The molecule has 12 heavy (non-hydrogen) atoms. The summed E-state index contributed by atoms with van der Waals surface area (Å²) in [5, 5.41) is 8.47. The Morgan fingerprint density at radius 1 is 1.17 bits per heavy atom. The summed E-state index contributed by atoms with van der Waals surface area (Å²) in [6, 6.07) is 8.78. The van der Waals surface area contributed by atoms with Gasteiger partial charge in [0.15, 0.2) is 9.84 Å². The molecule has 0 aliphatic heterocycles. The number of hydrogen-bond donors (Lipinski definition) is 1.